The molecule has 1 unspecified atom stereocenters. The molecule has 3 heterocycles. The quantitative estimate of drug-likeness (QED) is 0.176. The van der Waals surface area contributed by atoms with Crippen molar-refractivity contribution < 1.29 is 13.2 Å². The van der Waals surface area contributed by atoms with Crippen LogP contribution in [0.4, 0.5) is 24.8 Å². The van der Waals surface area contributed by atoms with Crippen LogP contribution in [0.25, 0.3) is 33.2 Å². The fourth-order valence-electron chi connectivity index (χ4n) is 7.57. The lowest BCUT2D eigenvalue weighted by atomic mass is 9.98. The Balaban J connectivity index is 1.03. The first kappa shape index (κ1) is 31.5. The molecule has 1 N–H and O–H groups in total. The second-order valence-corrected chi connectivity index (χ2v) is 14.1. The third-order valence-electron chi connectivity index (χ3n) is 10.5. The topological polar surface area (TPSA) is 85.1 Å². The molecule has 1 aliphatic heterocycles. The van der Waals surface area contributed by atoms with Crippen LogP contribution in [0.5, 0.6) is 0 Å². The number of hydrogen-bond donors (Lipinski definition) is 1. The van der Waals surface area contributed by atoms with Crippen LogP contribution in [0.2, 0.25) is 0 Å². The number of alkyl halides is 3. The smallest absolute Gasteiger partial charge is 0.360 e. The highest BCUT2D eigenvalue weighted by molar-refractivity contribution is 5.92. The van der Waals surface area contributed by atoms with E-state index in [-0.39, 0.29) is 17.4 Å². The normalized spacial score (nSPS) is 17.8. The molecular formula is C40H35F3N6O2. The van der Waals surface area contributed by atoms with Crippen molar-refractivity contribution in [3.63, 3.8) is 0 Å². The van der Waals surface area contributed by atoms with Crippen LogP contribution in [0.1, 0.15) is 66.5 Å². The fourth-order valence-corrected chi connectivity index (χ4v) is 7.57. The van der Waals surface area contributed by atoms with Crippen LogP contribution in [-0.4, -0.2) is 44.9 Å². The first-order valence-electron chi connectivity index (χ1n) is 17.5. The van der Waals surface area contributed by atoms with E-state index in [0.717, 1.165) is 53.5 Å². The summed E-state index contributed by atoms with van der Waals surface area (Å²) >= 11 is 0. The van der Waals surface area contributed by atoms with Gasteiger partial charge in [0.1, 0.15) is 18.2 Å². The molecular weight excluding hydrogens is 653 g/mol. The summed E-state index contributed by atoms with van der Waals surface area (Å²) in [5.74, 6) is 1.72. The van der Waals surface area contributed by atoms with E-state index in [4.69, 9.17) is 0 Å². The predicted octanol–water partition coefficient (Wildman–Crippen LogP) is 7.81. The van der Waals surface area contributed by atoms with E-state index >= 15 is 0 Å². The summed E-state index contributed by atoms with van der Waals surface area (Å²) in [6.45, 7) is 0.127. The molecule has 1 atom stereocenters. The Hall–Kier alpha value is -5.45. The van der Waals surface area contributed by atoms with Gasteiger partial charge >= 0.3 is 17.6 Å². The summed E-state index contributed by atoms with van der Waals surface area (Å²) in [5.41, 5.74) is 5.22. The van der Waals surface area contributed by atoms with Gasteiger partial charge in [0.05, 0.1) is 22.4 Å². The second kappa shape index (κ2) is 12.1. The largest absolute Gasteiger partial charge is 0.405 e. The van der Waals surface area contributed by atoms with Gasteiger partial charge in [-0.15, -0.1) is 0 Å². The van der Waals surface area contributed by atoms with E-state index in [1.807, 2.05) is 66.7 Å². The average Bonchev–Trinajstić information content (AvgIpc) is 4.08. The molecule has 0 radical (unpaired) electrons. The Labute approximate surface area is 291 Å². The Morgan fingerprint density at radius 1 is 0.647 bits per heavy atom. The maximum Gasteiger partial charge on any atom is 0.405 e. The summed E-state index contributed by atoms with van der Waals surface area (Å²) in [7, 11) is 0. The molecule has 3 fully saturated rings. The molecule has 0 bridgehead atoms. The van der Waals surface area contributed by atoms with Gasteiger partial charge in [0.2, 0.25) is 0 Å². The van der Waals surface area contributed by atoms with Crippen molar-refractivity contribution in [2.45, 2.75) is 56.0 Å². The van der Waals surface area contributed by atoms with Crippen LogP contribution in [-0.2, 0) is 0 Å². The third-order valence-corrected chi connectivity index (χ3v) is 10.5. The van der Waals surface area contributed by atoms with Crippen molar-refractivity contribution >= 4 is 33.4 Å². The molecule has 0 amide bonds. The Kier molecular flexibility index (Phi) is 7.48. The number of anilines is 2. The molecule has 11 heteroatoms. The monoisotopic (exact) mass is 688 g/mol. The molecule has 1 saturated heterocycles. The number of benzene rings is 4. The zero-order chi connectivity index (χ0) is 34.9. The molecule has 2 saturated carbocycles. The van der Waals surface area contributed by atoms with E-state index in [2.05, 4.69) is 38.4 Å². The number of nitrogens with zero attached hydrogens (tertiary/aromatic N) is 5. The minimum absolute atomic E-state index is 0.0741. The first-order valence-corrected chi connectivity index (χ1v) is 17.5. The molecule has 6 aromatic rings. The summed E-state index contributed by atoms with van der Waals surface area (Å²) in [6, 6.07) is 29.4. The lowest BCUT2D eigenvalue weighted by Crippen LogP contribution is -2.28. The van der Waals surface area contributed by atoms with Crippen molar-refractivity contribution in [1.29, 1.82) is 0 Å². The highest BCUT2D eigenvalue weighted by Gasteiger charge is 2.31. The zero-order valence-electron chi connectivity index (χ0n) is 27.7. The van der Waals surface area contributed by atoms with Crippen molar-refractivity contribution in [3.05, 3.63) is 129 Å². The van der Waals surface area contributed by atoms with Gasteiger partial charge in [0.15, 0.2) is 0 Å². The molecule has 2 aliphatic carbocycles. The summed E-state index contributed by atoms with van der Waals surface area (Å²) in [5, 5.41) is 3.73. The van der Waals surface area contributed by atoms with E-state index in [1.165, 1.54) is 23.0 Å². The van der Waals surface area contributed by atoms with Crippen LogP contribution in [0.15, 0.2) is 101 Å². The Bertz CT molecular complexity index is 2420. The minimum Gasteiger partial charge on any atom is -0.360 e. The molecule has 258 valence electrons. The van der Waals surface area contributed by atoms with Crippen LogP contribution in [0.3, 0.4) is 0 Å². The third kappa shape index (κ3) is 6.04. The van der Waals surface area contributed by atoms with Gasteiger partial charge in [-0.3, -0.25) is 9.13 Å². The molecule has 4 aromatic carbocycles. The van der Waals surface area contributed by atoms with Crippen LogP contribution < -0.4 is 21.6 Å². The van der Waals surface area contributed by atoms with Gasteiger partial charge in [-0.25, -0.2) is 9.59 Å². The number of rotatable bonds is 8. The number of para-hydroxylation sites is 1. The fraction of sp³-hybridized carbons (Fsp3) is 0.300. The predicted molar refractivity (Wildman–Crippen MR) is 193 cm³/mol. The van der Waals surface area contributed by atoms with Crippen molar-refractivity contribution in [3.8, 4) is 11.4 Å². The van der Waals surface area contributed by atoms with Crippen LogP contribution >= 0.6 is 0 Å². The van der Waals surface area contributed by atoms with Gasteiger partial charge in [-0.1, -0.05) is 42.5 Å². The summed E-state index contributed by atoms with van der Waals surface area (Å²) < 4.78 is 42.4. The lowest BCUT2D eigenvalue weighted by molar-refractivity contribution is -0.115. The first-order chi connectivity index (χ1) is 24.7. The SMILES string of the molecule is O=c1nc(NCC(F)(F)F)c2ccc(C3CC3)cc2n1-c1ccc(C2CCN(c3nc(=O)n(-c4ccccc4)c4cc(C5CC5)ccc34)C2)cc1. The molecule has 3 aliphatic rings. The Morgan fingerprint density at radius 2 is 1.22 bits per heavy atom. The minimum atomic E-state index is -4.45. The molecule has 0 spiro atoms. The highest BCUT2D eigenvalue weighted by Crippen LogP contribution is 2.43. The number of fused-ring (bicyclic) bond motifs is 2. The summed E-state index contributed by atoms with van der Waals surface area (Å²) in [6.07, 6.45) is 0.836. The highest BCUT2D eigenvalue weighted by atomic mass is 19.4. The van der Waals surface area contributed by atoms with Gasteiger partial charge < -0.3 is 10.2 Å². The molecule has 8 nitrogen and oxygen atoms in total. The number of halogens is 3. The lowest BCUT2D eigenvalue weighted by Gasteiger charge is -2.22. The van der Waals surface area contributed by atoms with Crippen molar-refractivity contribution in [2.24, 2.45) is 0 Å². The average molecular weight is 689 g/mol. The number of nitrogens with one attached hydrogen (secondary N) is 1. The molecule has 9 rings (SSSR count). The molecule has 2 aromatic heterocycles. The van der Waals surface area contributed by atoms with E-state index in [0.29, 0.717) is 40.8 Å². The van der Waals surface area contributed by atoms with Gasteiger partial charge in [0, 0.05) is 29.8 Å². The van der Waals surface area contributed by atoms with Gasteiger partial charge in [-0.2, -0.15) is 23.1 Å². The van der Waals surface area contributed by atoms with Crippen LogP contribution in [0, 0.1) is 0 Å². The standard InChI is InChI=1S/C40H35F3N6O2/c41-40(42,43)23-44-36-32-16-12-27(24-6-7-24)20-34(32)49(38(50)45-36)31-14-10-26(11-15-31)29-18-19-47(22-29)37-33-17-13-28(25-8-9-25)21-35(33)48(39(51)46-37)30-4-2-1-3-5-30/h1-5,10-17,20-21,24-25,29H,6-9,18-19,22-23H2,(H,44,45,50). The Morgan fingerprint density at radius 3 is 1.84 bits per heavy atom. The van der Waals surface area contributed by atoms with Crippen molar-refractivity contribution in [2.75, 3.05) is 29.9 Å². The number of aromatic nitrogens is 4. The van der Waals surface area contributed by atoms with E-state index < -0.39 is 18.4 Å². The van der Waals surface area contributed by atoms with Gasteiger partial charge in [-0.05, 0) is 109 Å². The van der Waals surface area contributed by atoms with E-state index in [9.17, 15) is 22.8 Å². The zero-order valence-corrected chi connectivity index (χ0v) is 27.7. The molecule has 51 heavy (non-hydrogen) atoms. The maximum absolute atomic E-state index is 13.7. The van der Waals surface area contributed by atoms with E-state index in [1.54, 1.807) is 10.6 Å². The van der Waals surface area contributed by atoms with Gasteiger partial charge in [0.25, 0.3) is 0 Å². The second-order valence-electron chi connectivity index (χ2n) is 14.1. The number of hydrogen-bond acceptors (Lipinski definition) is 6. The summed E-state index contributed by atoms with van der Waals surface area (Å²) in [4.78, 5) is 38.0. The maximum atomic E-state index is 13.7. The van der Waals surface area contributed by atoms with Crippen molar-refractivity contribution in [1.82, 2.24) is 19.1 Å².